The molecule has 1 aromatic rings. The maximum atomic E-state index is 11.2. The molecule has 0 aliphatic carbocycles. The van der Waals surface area contributed by atoms with Crippen molar-refractivity contribution in [3.8, 4) is 0 Å². The molecule has 0 unspecified atom stereocenters. The fourth-order valence-electron chi connectivity index (χ4n) is 1.21. The largest absolute Gasteiger partial charge is 0.478 e. The van der Waals surface area contributed by atoms with Crippen molar-refractivity contribution in [3.05, 3.63) is 35.9 Å². The van der Waals surface area contributed by atoms with Gasteiger partial charge in [-0.25, -0.2) is 4.79 Å². The summed E-state index contributed by atoms with van der Waals surface area (Å²) in [6, 6.07) is 6.90. The van der Waals surface area contributed by atoms with Gasteiger partial charge in [0.1, 0.15) is 0 Å². The van der Waals surface area contributed by atoms with Gasteiger partial charge in [0, 0.05) is 11.8 Å². The van der Waals surface area contributed by atoms with Crippen molar-refractivity contribution in [1.82, 2.24) is 5.32 Å². The molecule has 1 amide bonds. The lowest BCUT2D eigenvalue weighted by Crippen LogP contribution is -2.24. The van der Waals surface area contributed by atoms with Crippen molar-refractivity contribution in [2.45, 2.75) is 0 Å². The van der Waals surface area contributed by atoms with Gasteiger partial charge in [-0.15, -0.1) is 0 Å². The summed E-state index contributed by atoms with van der Waals surface area (Å²) in [4.78, 5) is 21.6. The highest BCUT2D eigenvalue weighted by Gasteiger charge is 1.99. The molecular weight excluding hydrogens is 220 g/mol. The number of rotatable bonds is 5. The SMILES string of the molecule is CNCC(=O)Nc1ccc(/C=C/C(=O)O)cc1. The zero-order valence-corrected chi connectivity index (χ0v) is 9.43. The number of hydrogen-bond donors (Lipinski definition) is 3. The van der Waals surface area contributed by atoms with Crippen LogP contribution in [0.1, 0.15) is 5.56 Å². The molecule has 3 N–H and O–H groups in total. The minimum atomic E-state index is -0.989. The van der Waals surface area contributed by atoms with Crippen molar-refractivity contribution in [2.24, 2.45) is 0 Å². The Labute approximate surface area is 99.1 Å². The first-order valence-corrected chi connectivity index (χ1v) is 5.07. The van der Waals surface area contributed by atoms with Crippen molar-refractivity contribution in [1.29, 1.82) is 0 Å². The fourth-order valence-corrected chi connectivity index (χ4v) is 1.21. The van der Waals surface area contributed by atoms with E-state index in [1.165, 1.54) is 6.08 Å². The average Bonchev–Trinajstić information content (AvgIpc) is 2.28. The van der Waals surface area contributed by atoms with Gasteiger partial charge < -0.3 is 15.7 Å². The summed E-state index contributed by atoms with van der Waals surface area (Å²) in [6.45, 7) is 0.251. The minimum Gasteiger partial charge on any atom is -0.478 e. The lowest BCUT2D eigenvalue weighted by molar-refractivity contribution is -0.131. The Hall–Kier alpha value is -2.14. The summed E-state index contributed by atoms with van der Waals surface area (Å²) >= 11 is 0. The van der Waals surface area contributed by atoms with Gasteiger partial charge in [0.2, 0.25) is 5.91 Å². The number of anilines is 1. The zero-order valence-electron chi connectivity index (χ0n) is 9.43. The number of hydrogen-bond acceptors (Lipinski definition) is 3. The molecule has 0 aliphatic rings. The van der Waals surface area contributed by atoms with Gasteiger partial charge in [-0.1, -0.05) is 12.1 Å². The molecule has 0 atom stereocenters. The summed E-state index contributed by atoms with van der Waals surface area (Å²) in [5, 5.41) is 13.9. The monoisotopic (exact) mass is 234 g/mol. The predicted octanol–water partition coefficient (Wildman–Crippen LogP) is 0.942. The fraction of sp³-hybridized carbons (Fsp3) is 0.167. The lowest BCUT2D eigenvalue weighted by atomic mass is 10.2. The highest BCUT2D eigenvalue weighted by molar-refractivity contribution is 5.92. The number of nitrogens with one attached hydrogen (secondary N) is 2. The van der Waals surface area contributed by atoms with E-state index in [0.29, 0.717) is 5.69 Å². The van der Waals surface area contributed by atoms with Gasteiger partial charge in [0.05, 0.1) is 6.54 Å². The van der Waals surface area contributed by atoms with Crippen LogP contribution in [-0.4, -0.2) is 30.6 Å². The second-order valence-electron chi connectivity index (χ2n) is 3.37. The quantitative estimate of drug-likeness (QED) is 0.662. The van der Waals surface area contributed by atoms with Crippen molar-refractivity contribution < 1.29 is 14.7 Å². The third-order valence-corrected chi connectivity index (χ3v) is 1.95. The third kappa shape index (κ3) is 4.94. The zero-order chi connectivity index (χ0) is 12.7. The number of benzene rings is 1. The van der Waals surface area contributed by atoms with Crippen LogP contribution >= 0.6 is 0 Å². The lowest BCUT2D eigenvalue weighted by Gasteiger charge is -2.04. The standard InChI is InChI=1S/C12H14N2O3/c1-13-8-11(15)14-10-5-2-9(3-6-10)4-7-12(16)17/h2-7,13H,8H2,1H3,(H,14,15)(H,16,17)/b7-4+. The first kappa shape index (κ1) is 12.9. The molecule has 17 heavy (non-hydrogen) atoms. The molecule has 1 rings (SSSR count). The van der Waals surface area contributed by atoms with Gasteiger partial charge in [-0.2, -0.15) is 0 Å². The molecule has 0 spiro atoms. The molecule has 0 heterocycles. The van der Waals surface area contributed by atoms with Crippen LogP contribution in [0.5, 0.6) is 0 Å². The number of carboxylic acid groups (broad SMARTS) is 1. The topological polar surface area (TPSA) is 78.4 Å². The summed E-state index contributed by atoms with van der Waals surface area (Å²) in [6.07, 6.45) is 2.55. The van der Waals surface area contributed by atoms with E-state index in [1.807, 2.05) is 0 Å². The average molecular weight is 234 g/mol. The van der Waals surface area contributed by atoms with E-state index in [2.05, 4.69) is 10.6 Å². The van der Waals surface area contributed by atoms with E-state index < -0.39 is 5.97 Å². The van der Waals surface area contributed by atoms with E-state index in [-0.39, 0.29) is 12.5 Å². The van der Waals surface area contributed by atoms with Crippen LogP contribution in [0.25, 0.3) is 6.08 Å². The van der Waals surface area contributed by atoms with Gasteiger partial charge >= 0.3 is 5.97 Å². The van der Waals surface area contributed by atoms with Gasteiger partial charge in [-0.3, -0.25) is 4.79 Å². The summed E-state index contributed by atoms with van der Waals surface area (Å²) in [5.41, 5.74) is 1.44. The van der Waals surface area contributed by atoms with Crippen molar-refractivity contribution in [2.75, 3.05) is 18.9 Å². The molecule has 5 nitrogen and oxygen atoms in total. The van der Waals surface area contributed by atoms with Crippen molar-refractivity contribution >= 4 is 23.6 Å². The van der Waals surface area contributed by atoms with Gasteiger partial charge in [-0.05, 0) is 30.8 Å². The van der Waals surface area contributed by atoms with Crippen LogP contribution in [0.15, 0.2) is 30.3 Å². The smallest absolute Gasteiger partial charge is 0.328 e. The number of amides is 1. The van der Waals surface area contributed by atoms with Crippen LogP contribution < -0.4 is 10.6 Å². The number of carbonyl (C=O) groups excluding carboxylic acids is 1. The van der Waals surface area contributed by atoms with E-state index in [9.17, 15) is 9.59 Å². The molecule has 0 aromatic heterocycles. The summed E-state index contributed by atoms with van der Waals surface area (Å²) in [5.74, 6) is -1.11. The van der Waals surface area contributed by atoms with Crippen LogP contribution in [0.3, 0.4) is 0 Å². The number of aliphatic carboxylic acids is 1. The van der Waals surface area contributed by atoms with Crippen LogP contribution in [0.2, 0.25) is 0 Å². The number of carbonyl (C=O) groups is 2. The second kappa shape index (κ2) is 6.44. The Bertz CT molecular complexity index is 424. The number of likely N-dealkylation sites (N-methyl/N-ethyl adjacent to an activating group) is 1. The molecule has 0 aliphatic heterocycles. The third-order valence-electron chi connectivity index (χ3n) is 1.95. The molecule has 1 aromatic carbocycles. The molecule has 90 valence electrons. The second-order valence-corrected chi connectivity index (χ2v) is 3.37. The van der Waals surface area contributed by atoms with E-state index in [1.54, 1.807) is 31.3 Å². The van der Waals surface area contributed by atoms with Gasteiger partial charge in [0.15, 0.2) is 0 Å². The Kier molecular flexibility index (Phi) is 4.90. The molecule has 5 heteroatoms. The maximum absolute atomic E-state index is 11.2. The summed E-state index contributed by atoms with van der Waals surface area (Å²) in [7, 11) is 1.69. The predicted molar refractivity (Wildman–Crippen MR) is 65.7 cm³/mol. The molecule has 0 radical (unpaired) electrons. The van der Waals surface area contributed by atoms with Crippen LogP contribution in [-0.2, 0) is 9.59 Å². The first-order valence-electron chi connectivity index (χ1n) is 5.07. The number of carboxylic acids is 1. The molecule has 0 saturated carbocycles. The Morgan fingerprint density at radius 3 is 2.47 bits per heavy atom. The first-order chi connectivity index (χ1) is 8.11. The van der Waals surface area contributed by atoms with E-state index in [0.717, 1.165) is 11.6 Å². The molecule has 0 fully saturated rings. The summed E-state index contributed by atoms with van der Waals surface area (Å²) < 4.78 is 0. The highest BCUT2D eigenvalue weighted by atomic mass is 16.4. The minimum absolute atomic E-state index is 0.124. The Morgan fingerprint density at radius 2 is 1.94 bits per heavy atom. The highest BCUT2D eigenvalue weighted by Crippen LogP contribution is 2.10. The van der Waals surface area contributed by atoms with Crippen molar-refractivity contribution in [3.63, 3.8) is 0 Å². The van der Waals surface area contributed by atoms with Crippen LogP contribution in [0, 0.1) is 0 Å². The Balaban J connectivity index is 2.62. The molecule has 0 bridgehead atoms. The van der Waals surface area contributed by atoms with E-state index in [4.69, 9.17) is 5.11 Å². The van der Waals surface area contributed by atoms with Gasteiger partial charge in [0.25, 0.3) is 0 Å². The molecule has 0 saturated heterocycles. The van der Waals surface area contributed by atoms with E-state index >= 15 is 0 Å². The molecular formula is C12H14N2O3. The normalized spacial score (nSPS) is 10.4. The maximum Gasteiger partial charge on any atom is 0.328 e. The van der Waals surface area contributed by atoms with Crippen LogP contribution in [0.4, 0.5) is 5.69 Å². The Morgan fingerprint density at radius 1 is 1.29 bits per heavy atom.